The first-order chi connectivity index (χ1) is 9.31. The number of carbonyl (C=O) groups is 1. The normalized spacial score (nSPS) is 10.2. The van der Waals surface area contributed by atoms with Gasteiger partial charge in [0.05, 0.1) is 6.61 Å². The molecule has 0 spiro atoms. The van der Waals surface area contributed by atoms with Crippen molar-refractivity contribution >= 4 is 16.8 Å². The zero-order valence-corrected chi connectivity index (χ0v) is 11.5. The van der Waals surface area contributed by atoms with Crippen LogP contribution in [0, 0.1) is 0 Å². The van der Waals surface area contributed by atoms with E-state index in [9.17, 15) is 4.79 Å². The van der Waals surface area contributed by atoms with Crippen molar-refractivity contribution in [2.45, 2.75) is 16.7 Å². The lowest BCUT2D eigenvalue weighted by Crippen LogP contribution is -2.02. The Morgan fingerprint density at radius 2 is 1.47 bits per heavy atom. The summed E-state index contributed by atoms with van der Waals surface area (Å²) >= 11 is 0. The predicted molar refractivity (Wildman–Crippen MR) is 76.2 cm³/mol. The van der Waals surface area contributed by atoms with Gasteiger partial charge in [0.2, 0.25) is 0 Å². The van der Waals surface area contributed by atoms with Crippen LogP contribution >= 0.6 is 0 Å². The van der Waals surface area contributed by atoms with Gasteiger partial charge in [-0.1, -0.05) is 36.4 Å². The van der Waals surface area contributed by atoms with Gasteiger partial charge in [-0.05, 0) is 41.9 Å². The lowest BCUT2D eigenvalue weighted by atomic mass is 10.4. The smallest absolute Gasteiger partial charge is 0.440 e. The molecule has 0 aromatic heterocycles. The first-order valence-electron chi connectivity index (χ1n) is 6.04. The van der Waals surface area contributed by atoms with Crippen molar-refractivity contribution in [1.29, 1.82) is 0 Å². The molecule has 98 valence electrons. The monoisotopic (exact) mass is 273 g/mol. The van der Waals surface area contributed by atoms with E-state index in [4.69, 9.17) is 4.74 Å². The maximum atomic E-state index is 11.6. The van der Waals surface area contributed by atoms with Crippen molar-refractivity contribution in [1.82, 2.24) is 0 Å². The molecular formula is C15H15NO2S. The molecule has 2 aromatic rings. The Balaban J connectivity index is 2.43. The SMILES string of the molecule is CCOC(=O)N=S(c1ccccc1)c1ccccc1. The minimum atomic E-state index is -0.632. The van der Waals surface area contributed by atoms with Gasteiger partial charge in [-0.25, -0.2) is 4.79 Å². The second-order valence-electron chi connectivity index (χ2n) is 3.70. The molecule has 3 nitrogen and oxygen atoms in total. The highest BCUT2D eigenvalue weighted by molar-refractivity contribution is 7.87. The fourth-order valence-corrected chi connectivity index (χ4v) is 3.08. The molecule has 1 amide bonds. The molecule has 0 atom stereocenters. The summed E-state index contributed by atoms with van der Waals surface area (Å²) in [5.74, 6) is 0. The third kappa shape index (κ3) is 3.76. The lowest BCUT2D eigenvalue weighted by Gasteiger charge is -2.08. The molecule has 0 saturated carbocycles. The first-order valence-corrected chi connectivity index (χ1v) is 7.22. The molecule has 0 N–H and O–H groups in total. The summed E-state index contributed by atoms with van der Waals surface area (Å²) < 4.78 is 9.09. The molecule has 19 heavy (non-hydrogen) atoms. The molecular weight excluding hydrogens is 258 g/mol. The van der Waals surface area contributed by atoms with Crippen LogP contribution < -0.4 is 0 Å². The van der Waals surface area contributed by atoms with Gasteiger partial charge in [-0.3, -0.25) is 0 Å². The van der Waals surface area contributed by atoms with Crippen LogP contribution in [0.2, 0.25) is 0 Å². The fraction of sp³-hybridized carbons (Fsp3) is 0.133. The van der Waals surface area contributed by atoms with E-state index in [0.29, 0.717) is 6.61 Å². The number of benzene rings is 2. The largest absolute Gasteiger partial charge is 0.448 e. The highest BCUT2D eigenvalue weighted by Gasteiger charge is 2.07. The van der Waals surface area contributed by atoms with E-state index in [-0.39, 0.29) is 0 Å². The number of hydrogen-bond donors (Lipinski definition) is 0. The van der Waals surface area contributed by atoms with Crippen LogP contribution in [-0.4, -0.2) is 12.7 Å². The Bertz CT molecular complexity index is 526. The van der Waals surface area contributed by atoms with E-state index in [1.165, 1.54) is 0 Å². The van der Waals surface area contributed by atoms with Crippen molar-refractivity contribution < 1.29 is 9.53 Å². The Morgan fingerprint density at radius 3 is 1.89 bits per heavy atom. The molecule has 0 radical (unpaired) electrons. The van der Waals surface area contributed by atoms with Gasteiger partial charge in [0.15, 0.2) is 0 Å². The summed E-state index contributed by atoms with van der Waals surface area (Å²) in [6, 6.07) is 19.5. The number of nitrogens with zero attached hydrogens (tertiary/aromatic N) is 1. The summed E-state index contributed by atoms with van der Waals surface area (Å²) in [6.07, 6.45) is -0.515. The van der Waals surface area contributed by atoms with Gasteiger partial charge >= 0.3 is 6.09 Å². The van der Waals surface area contributed by atoms with Gasteiger partial charge < -0.3 is 4.74 Å². The summed E-state index contributed by atoms with van der Waals surface area (Å²) in [7, 11) is -0.632. The highest BCUT2D eigenvalue weighted by atomic mass is 32.2. The Morgan fingerprint density at radius 1 is 1.00 bits per heavy atom. The molecule has 4 heteroatoms. The van der Waals surface area contributed by atoms with Crippen LogP contribution in [0.4, 0.5) is 4.79 Å². The summed E-state index contributed by atoms with van der Waals surface area (Å²) in [5, 5.41) is 0. The van der Waals surface area contributed by atoms with Crippen molar-refractivity contribution in [2.75, 3.05) is 6.61 Å². The molecule has 0 aliphatic heterocycles. The number of amides is 1. The van der Waals surface area contributed by atoms with Crippen LogP contribution in [0.5, 0.6) is 0 Å². The van der Waals surface area contributed by atoms with E-state index in [1.54, 1.807) is 6.92 Å². The first kappa shape index (κ1) is 13.5. The maximum Gasteiger partial charge on any atom is 0.440 e. The Hall–Kier alpha value is -1.94. The van der Waals surface area contributed by atoms with Gasteiger partial charge in [-0.15, -0.1) is 4.36 Å². The highest BCUT2D eigenvalue weighted by Crippen LogP contribution is 2.18. The molecule has 0 unspecified atom stereocenters. The van der Waals surface area contributed by atoms with Gasteiger partial charge in [0, 0.05) is 9.79 Å². The lowest BCUT2D eigenvalue weighted by molar-refractivity contribution is 0.164. The maximum absolute atomic E-state index is 11.6. The van der Waals surface area contributed by atoms with Gasteiger partial charge in [0.1, 0.15) is 0 Å². The van der Waals surface area contributed by atoms with Crippen molar-refractivity contribution in [3.05, 3.63) is 60.7 Å². The number of rotatable bonds is 3. The zero-order chi connectivity index (χ0) is 13.5. The second-order valence-corrected chi connectivity index (χ2v) is 5.40. The fourth-order valence-electron chi connectivity index (χ4n) is 1.56. The minimum Gasteiger partial charge on any atom is -0.448 e. The predicted octanol–water partition coefficient (Wildman–Crippen LogP) is 4.06. The van der Waals surface area contributed by atoms with Crippen molar-refractivity contribution in [3.63, 3.8) is 0 Å². The van der Waals surface area contributed by atoms with Crippen LogP contribution in [0.25, 0.3) is 0 Å². The third-order valence-electron chi connectivity index (χ3n) is 2.37. The average Bonchev–Trinajstić information content (AvgIpc) is 2.47. The minimum absolute atomic E-state index is 0.336. The summed E-state index contributed by atoms with van der Waals surface area (Å²) in [6.45, 7) is 2.11. The van der Waals surface area contributed by atoms with E-state index in [2.05, 4.69) is 4.36 Å². The van der Waals surface area contributed by atoms with Crippen molar-refractivity contribution in [2.24, 2.45) is 4.36 Å². The van der Waals surface area contributed by atoms with E-state index in [0.717, 1.165) is 9.79 Å². The molecule has 2 aromatic carbocycles. The van der Waals surface area contributed by atoms with E-state index >= 15 is 0 Å². The number of carbonyl (C=O) groups excluding carboxylic acids is 1. The van der Waals surface area contributed by atoms with Crippen LogP contribution in [0.1, 0.15) is 6.92 Å². The van der Waals surface area contributed by atoms with Crippen LogP contribution in [-0.2, 0) is 15.4 Å². The molecule has 0 bridgehead atoms. The summed E-state index contributed by atoms with van der Waals surface area (Å²) in [4.78, 5) is 13.6. The van der Waals surface area contributed by atoms with Gasteiger partial charge in [0.25, 0.3) is 0 Å². The zero-order valence-electron chi connectivity index (χ0n) is 10.7. The quantitative estimate of drug-likeness (QED) is 0.845. The van der Waals surface area contributed by atoms with Gasteiger partial charge in [-0.2, -0.15) is 0 Å². The standard InChI is InChI=1S/C15H15NO2S/c1-2-18-15(17)16-19(13-9-5-3-6-10-13)14-11-7-4-8-12-14/h3-12H,2H2,1H3. The van der Waals surface area contributed by atoms with E-state index < -0.39 is 16.8 Å². The topological polar surface area (TPSA) is 38.7 Å². The second kappa shape index (κ2) is 6.85. The van der Waals surface area contributed by atoms with Crippen LogP contribution in [0.15, 0.2) is 74.8 Å². The summed E-state index contributed by atoms with van der Waals surface area (Å²) in [5.41, 5.74) is 0. The molecule has 0 aliphatic rings. The Kier molecular flexibility index (Phi) is 4.86. The van der Waals surface area contributed by atoms with Crippen LogP contribution in [0.3, 0.4) is 0 Å². The number of hydrogen-bond acceptors (Lipinski definition) is 2. The molecule has 2 rings (SSSR count). The molecule has 0 heterocycles. The molecule has 0 aliphatic carbocycles. The Labute approximate surface area is 115 Å². The molecule has 0 fully saturated rings. The van der Waals surface area contributed by atoms with Crippen molar-refractivity contribution in [3.8, 4) is 0 Å². The molecule has 0 saturated heterocycles. The third-order valence-corrected chi connectivity index (χ3v) is 4.14. The van der Waals surface area contributed by atoms with E-state index in [1.807, 2.05) is 60.7 Å². The number of ether oxygens (including phenoxy) is 1. The average molecular weight is 273 g/mol.